The van der Waals surface area contributed by atoms with E-state index in [1.54, 1.807) is 6.92 Å². The van der Waals surface area contributed by atoms with Gasteiger partial charge in [0.25, 0.3) is 0 Å². The third-order valence-electron chi connectivity index (χ3n) is 7.37. The van der Waals surface area contributed by atoms with Crippen molar-refractivity contribution < 1.29 is 9.53 Å². The summed E-state index contributed by atoms with van der Waals surface area (Å²) >= 11 is 0. The average molecular weight is 517 g/mol. The molecule has 0 saturated carbocycles. The zero-order valence-corrected chi connectivity index (χ0v) is 24.9. The van der Waals surface area contributed by atoms with Crippen LogP contribution >= 0.6 is 8.58 Å². The molecular weight excluding hydrogens is 471 g/mol. The molecule has 2 unspecified atom stereocenters. The molecule has 3 rings (SSSR count). The summed E-state index contributed by atoms with van der Waals surface area (Å²) in [6.45, 7) is 15.9. The first-order valence-corrected chi connectivity index (χ1v) is 14.8. The van der Waals surface area contributed by atoms with E-state index in [1.807, 2.05) is 18.2 Å². The molecule has 0 aliphatic carbocycles. The second-order valence-electron chi connectivity index (χ2n) is 11.3. The van der Waals surface area contributed by atoms with Crippen molar-refractivity contribution in [2.45, 2.75) is 97.7 Å². The Balaban J connectivity index is 2.20. The van der Waals surface area contributed by atoms with Crippen LogP contribution in [0.25, 0.3) is 0 Å². The molecule has 3 aromatic carbocycles. The Morgan fingerprint density at radius 3 is 2.22 bits per heavy atom. The van der Waals surface area contributed by atoms with Crippen LogP contribution in [-0.2, 0) is 17.2 Å². The van der Waals surface area contributed by atoms with Crippen LogP contribution in [0.5, 0.6) is 5.75 Å². The molecule has 0 radical (unpaired) electrons. The molecular formula is C34H45O2P. The van der Waals surface area contributed by atoms with E-state index in [2.05, 4.69) is 90.1 Å². The average Bonchev–Trinajstić information content (AvgIpc) is 2.87. The zero-order chi connectivity index (χ0) is 27.1. The number of ketones is 1. The Morgan fingerprint density at radius 2 is 1.59 bits per heavy atom. The Bertz CT molecular complexity index is 1180. The minimum Gasteiger partial charge on any atom is -0.488 e. The Labute approximate surface area is 227 Å². The molecule has 2 nitrogen and oxygen atoms in total. The maximum absolute atomic E-state index is 12.6. The quantitative estimate of drug-likeness (QED) is 0.136. The highest BCUT2D eigenvalue weighted by Gasteiger charge is 2.36. The summed E-state index contributed by atoms with van der Waals surface area (Å²) in [5.41, 5.74) is 5.89. The summed E-state index contributed by atoms with van der Waals surface area (Å²) in [6, 6.07) is 23.4. The maximum atomic E-state index is 12.6. The van der Waals surface area contributed by atoms with Gasteiger partial charge in [-0.3, -0.25) is 4.79 Å². The number of Topliss-reactive ketones (excluding diaryl/α,β-unsaturated/α-hetero) is 1. The fraction of sp³-hybridized carbons (Fsp3) is 0.441. The van der Waals surface area contributed by atoms with E-state index in [0.29, 0.717) is 15.2 Å². The van der Waals surface area contributed by atoms with Crippen molar-refractivity contribution in [2.24, 2.45) is 0 Å². The lowest BCUT2D eigenvalue weighted by atomic mass is 9.80. The van der Waals surface area contributed by atoms with Gasteiger partial charge in [-0.15, -0.1) is 0 Å². The van der Waals surface area contributed by atoms with Gasteiger partial charge >= 0.3 is 0 Å². The molecule has 3 aromatic rings. The molecule has 198 valence electrons. The standard InChI is InChI=1S/C34H45O2P/c1-8-10-16-21-34(9-2,37-31-20-15-14-19-29(31)26(4)35)30-23-28(33(5,6)7)22-25(3)32(30)36-24-27-17-12-11-13-18-27/h11-15,17-20,22-23,37H,8-10,16,21,24H2,1-7H3. The Hall–Kier alpha value is -2.44. The van der Waals surface area contributed by atoms with Gasteiger partial charge in [-0.2, -0.15) is 0 Å². The van der Waals surface area contributed by atoms with Gasteiger partial charge in [-0.25, -0.2) is 0 Å². The molecule has 0 aromatic heterocycles. The van der Waals surface area contributed by atoms with Gasteiger partial charge in [0, 0.05) is 16.3 Å². The number of hydrogen-bond donors (Lipinski definition) is 0. The molecule has 2 atom stereocenters. The second kappa shape index (κ2) is 12.9. The van der Waals surface area contributed by atoms with Crippen LogP contribution in [0, 0.1) is 6.92 Å². The van der Waals surface area contributed by atoms with Crippen molar-refractivity contribution >= 4 is 19.7 Å². The number of carbonyl (C=O) groups is 1. The lowest BCUT2D eigenvalue weighted by molar-refractivity contribution is 0.101. The molecule has 0 heterocycles. The van der Waals surface area contributed by atoms with Crippen LogP contribution in [0.4, 0.5) is 0 Å². The van der Waals surface area contributed by atoms with Crippen LogP contribution < -0.4 is 10.0 Å². The van der Waals surface area contributed by atoms with Crippen molar-refractivity contribution in [2.75, 3.05) is 0 Å². The van der Waals surface area contributed by atoms with Crippen molar-refractivity contribution in [1.29, 1.82) is 0 Å². The second-order valence-corrected chi connectivity index (χ2v) is 13.1. The first kappa shape index (κ1) is 29.1. The largest absolute Gasteiger partial charge is 0.488 e. The normalized spacial score (nSPS) is 13.6. The third kappa shape index (κ3) is 7.32. The van der Waals surface area contributed by atoms with Crippen LogP contribution in [-0.4, -0.2) is 5.78 Å². The number of hydrogen-bond acceptors (Lipinski definition) is 2. The molecule has 0 aliphatic heterocycles. The van der Waals surface area contributed by atoms with Gasteiger partial charge < -0.3 is 4.74 Å². The molecule has 37 heavy (non-hydrogen) atoms. The lowest BCUT2D eigenvalue weighted by Crippen LogP contribution is -2.27. The maximum Gasteiger partial charge on any atom is 0.160 e. The molecule has 3 heteroatoms. The molecule has 0 fully saturated rings. The highest BCUT2D eigenvalue weighted by atomic mass is 31.1. The van der Waals surface area contributed by atoms with Crippen molar-refractivity contribution in [3.8, 4) is 5.75 Å². The predicted molar refractivity (Wildman–Crippen MR) is 161 cm³/mol. The Morgan fingerprint density at radius 1 is 0.919 bits per heavy atom. The molecule has 0 spiro atoms. The summed E-state index contributed by atoms with van der Waals surface area (Å²) in [4.78, 5) is 12.6. The van der Waals surface area contributed by atoms with Crippen molar-refractivity contribution in [3.05, 3.63) is 94.5 Å². The van der Waals surface area contributed by atoms with E-state index in [9.17, 15) is 4.79 Å². The number of rotatable bonds is 12. The summed E-state index contributed by atoms with van der Waals surface area (Å²) in [7, 11) is 0.489. The smallest absolute Gasteiger partial charge is 0.160 e. The fourth-order valence-corrected chi connectivity index (χ4v) is 6.93. The van der Waals surface area contributed by atoms with Gasteiger partial charge in [0.1, 0.15) is 12.4 Å². The number of benzene rings is 3. The van der Waals surface area contributed by atoms with E-state index in [1.165, 1.54) is 40.4 Å². The summed E-state index contributed by atoms with van der Waals surface area (Å²) < 4.78 is 6.69. The third-order valence-corrected chi connectivity index (χ3v) is 9.43. The van der Waals surface area contributed by atoms with E-state index in [-0.39, 0.29) is 16.4 Å². The van der Waals surface area contributed by atoms with E-state index < -0.39 is 0 Å². The van der Waals surface area contributed by atoms with Gasteiger partial charge in [0.2, 0.25) is 0 Å². The number of ether oxygens (including phenoxy) is 1. The molecule has 0 N–H and O–H groups in total. The van der Waals surface area contributed by atoms with Crippen LogP contribution in [0.15, 0.2) is 66.7 Å². The highest BCUT2D eigenvalue weighted by Crippen LogP contribution is 2.53. The Kier molecular flexibility index (Phi) is 10.1. The van der Waals surface area contributed by atoms with Crippen molar-refractivity contribution in [1.82, 2.24) is 0 Å². The van der Waals surface area contributed by atoms with E-state index in [0.717, 1.165) is 30.6 Å². The van der Waals surface area contributed by atoms with Crippen LogP contribution in [0.3, 0.4) is 0 Å². The van der Waals surface area contributed by atoms with E-state index >= 15 is 0 Å². The lowest BCUT2D eigenvalue weighted by Gasteiger charge is -2.37. The summed E-state index contributed by atoms with van der Waals surface area (Å²) in [5.74, 6) is 1.16. The predicted octanol–water partition coefficient (Wildman–Crippen LogP) is 9.26. The molecule has 0 amide bonds. The molecule has 0 saturated heterocycles. The zero-order valence-electron chi connectivity index (χ0n) is 23.9. The number of aryl methyl sites for hydroxylation is 1. The molecule has 0 aliphatic rings. The molecule has 0 bridgehead atoms. The number of unbranched alkanes of at least 4 members (excludes halogenated alkanes) is 2. The monoisotopic (exact) mass is 516 g/mol. The van der Waals surface area contributed by atoms with Crippen molar-refractivity contribution in [3.63, 3.8) is 0 Å². The van der Waals surface area contributed by atoms with Gasteiger partial charge in [0.15, 0.2) is 5.78 Å². The van der Waals surface area contributed by atoms with E-state index in [4.69, 9.17) is 4.74 Å². The SMILES string of the molecule is CCCCCC(CC)(Pc1ccccc1C(C)=O)c1cc(C(C)(C)C)cc(C)c1OCc1ccccc1. The van der Waals surface area contributed by atoms with Gasteiger partial charge in [-0.1, -0.05) is 129 Å². The minimum absolute atomic E-state index is 0.0285. The summed E-state index contributed by atoms with van der Waals surface area (Å²) in [5, 5.41) is 1.07. The first-order valence-electron chi connectivity index (χ1n) is 13.8. The van der Waals surface area contributed by atoms with Crippen LogP contribution in [0.2, 0.25) is 0 Å². The van der Waals surface area contributed by atoms with Crippen LogP contribution in [0.1, 0.15) is 106 Å². The van der Waals surface area contributed by atoms with Gasteiger partial charge in [0.05, 0.1) is 0 Å². The number of carbonyl (C=O) groups excluding carboxylic acids is 1. The van der Waals surface area contributed by atoms with Gasteiger partial charge in [-0.05, 0) is 54.1 Å². The highest BCUT2D eigenvalue weighted by molar-refractivity contribution is 7.48. The minimum atomic E-state index is -0.0984. The topological polar surface area (TPSA) is 26.3 Å². The summed E-state index contributed by atoms with van der Waals surface area (Å²) in [6.07, 6.45) is 5.63. The first-order chi connectivity index (χ1) is 17.6. The fourth-order valence-electron chi connectivity index (χ4n) is 5.04.